The number of H-pyrrole nitrogens is 1. The molecular weight excluding hydrogens is 208 g/mol. The first kappa shape index (κ1) is 10.0. The maximum absolute atomic E-state index is 5.14. The van der Waals surface area contributed by atoms with Crippen molar-refractivity contribution in [2.75, 3.05) is 0 Å². The Morgan fingerprint density at radius 1 is 1.47 bits per heavy atom. The molecule has 0 aliphatic carbocycles. The zero-order chi connectivity index (χ0) is 10.8. The lowest BCUT2D eigenvalue weighted by molar-refractivity contribution is 0.744. The van der Waals surface area contributed by atoms with Crippen molar-refractivity contribution in [3.05, 3.63) is 40.2 Å². The first-order valence-electron chi connectivity index (χ1n) is 4.70. The number of aryl methyl sites for hydroxylation is 2. The van der Waals surface area contributed by atoms with Crippen molar-refractivity contribution in [1.82, 2.24) is 19.7 Å². The second-order valence-corrected chi connectivity index (χ2v) is 3.85. The maximum Gasteiger partial charge on any atom is 0.195 e. The van der Waals surface area contributed by atoms with Gasteiger partial charge in [0.15, 0.2) is 4.77 Å². The molecule has 1 N–H and O–H groups in total. The smallest absolute Gasteiger partial charge is 0.195 e. The van der Waals surface area contributed by atoms with Crippen LogP contribution in [0.5, 0.6) is 0 Å². The highest BCUT2D eigenvalue weighted by Crippen LogP contribution is 2.08. The molecule has 0 saturated carbocycles. The van der Waals surface area contributed by atoms with Crippen LogP contribution in [0, 0.1) is 18.6 Å². The summed E-state index contributed by atoms with van der Waals surface area (Å²) in [5.74, 6) is 0.892. The van der Waals surface area contributed by atoms with Crippen LogP contribution >= 0.6 is 12.2 Å². The van der Waals surface area contributed by atoms with E-state index in [4.69, 9.17) is 12.2 Å². The number of aromatic nitrogens is 4. The molecule has 2 heterocycles. The van der Waals surface area contributed by atoms with Crippen LogP contribution in [0.1, 0.15) is 17.0 Å². The highest BCUT2D eigenvalue weighted by Gasteiger charge is 2.03. The molecule has 0 saturated heterocycles. The molecule has 0 aliphatic heterocycles. The van der Waals surface area contributed by atoms with Gasteiger partial charge in [-0.1, -0.05) is 0 Å². The molecular formula is C10H12N4S. The highest BCUT2D eigenvalue weighted by atomic mass is 32.1. The topological polar surface area (TPSA) is 46.5 Å². The van der Waals surface area contributed by atoms with Crippen molar-refractivity contribution >= 4 is 12.2 Å². The summed E-state index contributed by atoms with van der Waals surface area (Å²) in [5, 5.41) is 6.84. The second-order valence-electron chi connectivity index (χ2n) is 3.46. The Labute approximate surface area is 93.0 Å². The Morgan fingerprint density at radius 3 is 2.87 bits per heavy atom. The zero-order valence-electron chi connectivity index (χ0n) is 8.69. The number of nitrogens with zero attached hydrogens (tertiary/aromatic N) is 3. The zero-order valence-corrected chi connectivity index (χ0v) is 9.51. The van der Waals surface area contributed by atoms with E-state index in [1.54, 1.807) is 6.20 Å². The average molecular weight is 220 g/mol. The predicted octanol–water partition coefficient (Wildman–Crippen LogP) is 2.00. The van der Waals surface area contributed by atoms with Gasteiger partial charge in [0, 0.05) is 12.4 Å². The molecule has 0 bridgehead atoms. The van der Waals surface area contributed by atoms with Gasteiger partial charge in [0.25, 0.3) is 0 Å². The lowest BCUT2D eigenvalue weighted by atomic mass is 10.1. The first-order valence-corrected chi connectivity index (χ1v) is 5.10. The molecule has 0 amide bonds. The summed E-state index contributed by atoms with van der Waals surface area (Å²) in [6, 6.07) is 1.99. The van der Waals surface area contributed by atoms with E-state index in [2.05, 4.69) is 22.1 Å². The lowest BCUT2D eigenvalue weighted by Crippen LogP contribution is -2.04. The second kappa shape index (κ2) is 3.94. The summed E-state index contributed by atoms with van der Waals surface area (Å²) in [7, 11) is 0. The molecule has 0 unspecified atom stereocenters. The molecule has 0 atom stereocenters. The Hall–Kier alpha value is -1.49. The quantitative estimate of drug-likeness (QED) is 0.787. The molecule has 2 aromatic heterocycles. The molecule has 0 aliphatic rings. The number of hydrogen-bond donors (Lipinski definition) is 1. The monoisotopic (exact) mass is 220 g/mol. The summed E-state index contributed by atoms with van der Waals surface area (Å²) in [6.07, 6.45) is 3.66. The van der Waals surface area contributed by atoms with Crippen LogP contribution in [0.3, 0.4) is 0 Å². The van der Waals surface area contributed by atoms with Crippen LogP contribution in [-0.4, -0.2) is 19.7 Å². The lowest BCUT2D eigenvalue weighted by Gasteiger charge is -2.06. The van der Waals surface area contributed by atoms with Crippen molar-refractivity contribution < 1.29 is 0 Å². The van der Waals surface area contributed by atoms with Gasteiger partial charge >= 0.3 is 0 Å². The number of pyridine rings is 1. The third kappa shape index (κ3) is 1.97. The van der Waals surface area contributed by atoms with E-state index in [0.29, 0.717) is 4.77 Å². The third-order valence-electron chi connectivity index (χ3n) is 2.43. The van der Waals surface area contributed by atoms with Crippen LogP contribution in [0.15, 0.2) is 18.5 Å². The molecule has 15 heavy (non-hydrogen) atoms. The van der Waals surface area contributed by atoms with Gasteiger partial charge in [-0.25, -0.2) is 0 Å². The van der Waals surface area contributed by atoms with Crippen LogP contribution < -0.4 is 0 Å². The van der Waals surface area contributed by atoms with Crippen LogP contribution in [0.4, 0.5) is 0 Å². The van der Waals surface area contributed by atoms with E-state index in [1.165, 1.54) is 5.56 Å². The molecule has 0 aromatic carbocycles. The van der Waals surface area contributed by atoms with Gasteiger partial charge in [-0.05, 0) is 43.3 Å². The van der Waals surface area contributed by atoms with Crippen molar-refractivity contribution in [3.8, 4) is 0 Å². The van der Waals surface area contributed by atoms with E-state index in [-0.39, 0.29) is 0 Å². The summed E-state index contributed by atoms with van der Waals surface area (Å²) in [5.41, 5.74) is 2.38. The predicted molar refractivity (Wildman–Crippen MR) is 60.2 cm³/mol. The largest absolute Gasteiger partial charge is 0.300 e. The Morgan fingerprint density at radius 2 is 2.27 bits per heavy atom. The van der Waals surface area contributed by atoms with E-state index in [9.17, 15) is 0 Å². The summed E-state index contributed by atoms with van der Waals surface area (Å²) < 4.78 is 2.61. The van der Waals surface area contributed by atoms with Gasteiger partial charge in [-0.15, -0.1) is 0 Å². The van der Waals surface area contributed by atoms with Gasteiger partial charge in [-0.2, -0.15) is 5.10 Å². The Bertz CT molecular complexity index is 526. The van der Waals surface area contributed by atoms with Gasteiger partial charge in [-0.3, -0.25) is 14.6 Å². The Kier molecular flexibility index (Phi) is 2.64. The number of rotatable bonds is 2. The number of nitrogens with one attached hydrogen (secondary N) is 1. The first-order chi connectivity index (χ1) is 7.18. The van der Waals surface area contributed by atoms with E-state index < -0.39 is 0 Å². The molecule has 5 heteroatoms. The fraction of sp³-hybridized carbons (Fsp3) is 0.300. The standard InChI is InChI=1S/C10H12N4S/c1-7-3-4-11-5-9(7)6-14-8(2)12-13-10(14)15/h3-5H,6H2,1-2H3,(H,13,15). The Balaban J connectivity index is 2.38. The maximum atomic E-state index is 5.14. The van der Waals surface area contributed by atoms with Crippen molar-refractivity contribution in [2.45, 2.75) is 20.4 Å². The van der Waals surface area contributed by atoms with Crippen LogP contribution in [-0.2, 0) is 6.54 Å². The van der Waals surface area contributed by atoms with E-state index >= 15 is 0 Å². The third-order valence-corrected chi connectivity index (χ3v) is 2.74. The minimum atomic E-state index is 0.649. The summed E-state index contributed by atoms with van der Waals surface area (Å²) in [6.45, 7) is 4.72. The highest BCUT2D eigenvalue weighted by molar-refractivity contribution is 7.71. The van der Waals surface area contributed by atoms with Crippen LogP contribution in [0.25, 0.3) is 0 Å². The minimum absolute atomic E-state index is 0.649. The minimum Gasteiger partial charge on any atom is -0.300 e. The van der Waals surface area contributed by atoms with Crippen LogP contribution in [0.2, 0.25) is 0 Å². The van der Waals surface area contributed by atoms with E-state index in [0.717, 1.165) is 17.9 Å². The van der Waals surface area contributed by atoms with E-state index in [1.807, 2.05) is 23.8 Å². The van der Waals surface area contributed by atoms with Crippen molar-refractivity contribution in [2.24, 2.45) is 0 Å². The molecule has 78 valence electrons. The normalized spacial score (nSPS) is 10.5. The fourth-order valence-corrected chi connectivity index (χ4v) is 1.66. The summed E-state index contributed by atoms with van der Waals surface area (Å²) in [4.78, 5) is 4.11. The molecule has 4 nitrogen and oxygen atoms in total. The molecule has 2 rings (SSSR count). The number of aromatic amines is 1. The summed E-state index contributed by atoms with van der Waals surface area (Å²) >= 11 is 5.14. The SMILES string of the molecule is Cc1ccncc1Cn1c(C)n[nH]c1=S. The van der Waals surface area contributed by atoms with Gasteiger partial charge < -0.3 is 0 Å². The number of hydrogen-bond acceptors (Lipinski definition) is 3. The molecule has 0 spiro atoms. The van der Waals surface area contributed by atoms with Gasteiger partial charge in [0.05, 0.1) is 6.54 Å². The van der Waals surface area contributed by atoms with Crippen molar-refractivity contribution in [1.29, 1.82) is 0 Å². The molecule has 2 aromatic rings. The fourth-order valence-electron chi connectivity index (χ4n) is 1.42. The average Bonchev–Trinajstić information content (AvgIpc) is 2.53. The van der Waals surface area contributed by atoms with Crippen molar-refractivity contribution in [3.63, 3.8) is 0 Å². The molecule has 0 fully saturated rings. The van der Waals surface area contributed by atoms with Gasteiger partial charge in [0.1, 0.15) is 5.82 Å². The van der Waals surface area contributed by atoms with Gasteiger partial charge in [0.2, 0.25) is 0 Å². The molecule has 0 radical (unpaired) electrons.